The summed E-state index contributed by atoms with van der Waals surface area (Å²) in [5.74, 6) is 0.882. The van der Waals surface area contributed by atoms with Crippen LogP contribution in [0, 0.1) is 10.1 Å². The molecule has 0 N–H and O–H groups in total. The topological polar surface area (TPSA) is 52.4 Å². The summed E-state index contributed by atoms with van der Waals surface area (Å²) in [6, 6.07) is 14.5. The van der Waals surface area contributed by atoms with Crippen molar-refractivity contribution in [3.05, 3.63) is 69.8 Å². The van der Waals surface area contributed by atoms with E-state index in [9.17, 15) is 10.1 Å². The molecule has 0 unspecified atom stereocenters. The van der Waals surface area contributed by atoms with Gasteiger partial charge in [0.15, 0.2) is 0 Å². The van der Waals surface area contributed by atoms with Gasteiger partial charge in [0, 0.05) is 18.6 Å². The summed E-state index contributed by atoms with van der Waals surface area (Å²) in [5.41, 5.74) is 2.24. The molecule has 0 aliphatic heterocycles. The molecule has 0 saturated carbocycles. The summed E-state index contributed by atoms with van der Waals surface area (Å²) in [6.45, 7) is 2.76. The molecular weight excluding hydrogens is 254 g/mol. The Kier molecular flexibility index (Phi) is 4.71. The predicted octanol–water partition coefficient (Wildman–Crippen LogP) is 3.97. The van der Waals surface area contributed by atoms with Gasteiger partial charge in [-0.1, -0.05) is 37.3 Å². The SMILES string of the molecule is CCCOc1ccccc1Cc1ccc([N+](=O)[O-])cc1. The van der Waals surface area contributed by atoms with E-state index in [0.717, 1.165) is 23.3 Å². The number of para-hydroxylation sites is 1. The molecule has 0 aliphatic rings. The Morgan fingerprint density at radius 3 is 2.45 bits per heavy atom. The number of ether oxygens (including phenoxy) is 1. The molecular formula is C16H17NO3. The lowest BCUT2D eigenvalue weighted by Crippen LogP contribution is -1.99. The summed E-state index contributed by atoms with van der Waals surface area (Å²) in [7, 11) is 0. The van der Waals surface area contributed by atoms with E-state index in [4.69, 9.17) is 4.74 Å². The van der Waals surface area contributed by atoms with Crippen LogP contribution in [0.2, 0.25) is 0 Å². The highest BCUT2D eigenvalue weighted by Crippen LogP contribution is 2.22. The average molecular weight is 271 g/mol. The normalized spacial score (nSPS) is 10.2. The fraction of sp³-hybridized carbons (Fsp3) is 0.250. The maximum Gasteiger partial charge on any atom is 0.269 e. The van der Waals surface area contributed by atoms with E-state index in [0.29, 0.717) is 13.0 Å². The summed E-state index contributed by atoms with van der Waals surface area (Å²) in [5, 5.41) is 10.6. The molecule has 4 nitrogen and oxygen atoms in total. The highest BCUT2D eigenvalue weighted by Gasteiger charge is 2.07. The van der Waals surface area contributed by atoms with Gasteiger partial charge in [-0.25, -0.2) is 0 Å². The van der Waals surface area contributed by atoms with Gasteiger partial charge in [0.1, 0.15) is 5.75 Å². The Morgan fingerprint density at radius 2 is 1.80 bits per heavy atom. The van der Waals surface area contributed by atoms with E-state index in [1.807, 2.05) is 24.3 Å². The second-order valence-electron chi connectivity index (χ2n) is 4.56. The first-order chi connectivity index (χ1) is 9.70. The number of rotatable bonds is 6. The van der Waals surface area contributed by atoms with Crippen LogP contribution in [0.3, 0.4) is 0 Å². The van der Waals surface area contributed by atoms with Gasteiger partial charge < -0.3 is 4.74 Å². The quantitative estimate of drug-likeness (QED) is 0.590. The van der Waals surface area contributed by atoms with E-state index in [1.54, 1.807) is 12.1 Å². The standard InChI is InChI=1S/C16H17NO3/c1-2-11-20-16-6-4-3-5-14(16)12-13-7-9-15(10-8-13)17(18)19/h3-10H,2,11-12H2,1H3. The Bertz CT molecular complexity index is 579. The van der Waals surface area contributed by atoms with Crippen molar-refractivity contribution in [2.24, 2.45) is 0 Å². The minimum atomic E-state index is -0.387. The molecule has 0 aliphatic carbocycles. The molecule has 2 aromatic rings. The summed E-state index contributed by atoms with van der Waals surface area (Å²) < 4.78 is 5.71. The number of benzene rings is 2. The van der Waals surface area contributed by atoms with Crippen molar-refractivity contribution in [3.8, 4) is 5.75 Å². The molecule has 2 rings (SSSR count). The largest absolute Gasteiger partial charge is 0.493 e. The molecule has 20 heavy (non-hydrogen) atoms. The zero-order chi connectivity index (χ0) is 14.4. The van der Waals surface area contributed by atoms with Crippen LogP contribution in [0.25, 0.3) is 0 Å². The molecule has 0 aromatic heterocycles. The van der Waals surface area contributed by atoms with E-state index in [1.165, 1.54) is 12.1 Å². The fourth-order valence-corrected chi connectivity index (χ4v) is 1.96. The smallest absolute Gasteiger partial charge is 0.269 e. The number of hydrogen-bond acceptors (Lipinski definition) is 3. The van der Waals surface area contributed by atoms with Gasteiger partial charge >= 0.3 is 0 Å². The van der Waals surface area contributed by atoms with Crippen LogP contribution in [-0.4, -0.2) is 11.5 Å². The minimum absolute atomic E-state index is 0.115. The van der Waals surface area contributed by atoms with E-state index < -0.39 is 0 Å². The van der Waals surface area contributed by atoms with Crippen molar-refractivity contribution < 1.29 is 9.66 Å². The third-order valence-electron chi connectivity index (χ3n) is 2.98. The fourth-order valence-electron chi connectivity index (χ4n) is 1.96. The van der Waals surface area contributed by atoms with Crippen LogP contribution in [0.1, 0.15) is 24.5 Å². The third kappa shape index (κ3) is 3.57. The molecule has 2 aromatic carbocycles. The van der Waals surface area contributed by atoms with E-state index in [-0.39, 0.29) is 10.6 Å². The van der Waals surface area contributed by atoms with Crippen LogP contribution < -0.4 is 4.74 Å². The third-order valence-corrected chi connectivity index (χ3v) is 2.98. The number of non-ortho nitro benzene ring substituents is 1. The van der Waals surface area contributed by atoms with Crippen LogP contribution in [0.5, 0.6) is 5.75 Å². The van der Waals surface area contributed by atoms with Gasteiger partial charge in [-0.05, 0) is 23.6 Å². The monoisotopic (exact) mass is 271 g/mol. The van der Waals surface area contributed by atoms with Crippen LogP contribution in [0.4, 0.5) is 5.69 Å². The molecule has 0 spiro atoms. The summed E-state index contributed by atoms with van der Waals surface area (Å²) in [4.78, 5) is 10.2. The number of hydrogen-bond donors (Lipinski definition) is 0. The number of nitrogens with zero attached hydrogens (tertiary/aromatic N) is 1. The Hall–Kier alpha value is -2.36. The van der Waals surface area contributed by atoms with E-state index in [2.05, 4.69) is 6.92 Å². The van der Waals surface area contributed by atoms with Crippen molar-refractivity contribution in [1.29, 1.82) is 0 Å². The average Bonchev–Trinajstić information content (AvgIpc) is 2.47. The van der Waals surface area contributed by atoms with Crippen molar-refractivity contribution >= 4 is 5.69 Å². The highest BCUT2D eigenvalue weighted by atomic mass is 16.6. The van der Waals surface area contributed by atoms with Crippen LogP contribution >= 0.6 is 0 Å². The van der Waals surface area contributed by atoms with Gasteiger partial charge in [0.2, 0.25) is 0 Å². The van der Waals surface area contributed by atoms with Gasteiger partial charge in [0.05, 0.1) is 11.5 Å². The second kappa shape index (κ2) is 6.70. The lowest BCUT2D eigenvalue weighted by atomic mass is 10.0. The zero-order valence-electron chi connectivity index (χ0n) is 11.4. The lowest BCUT2D eigenvalue weighted by Gasteiger charge is -2.10. The molecule has 0 atom stereocenters. The second-order valence-corrected chi connectivity index (χ2v) is 4.56. The molecule has 0 heterocycles. The van der Waals surface area contributed by atoms with Crippen molar-refractivity contribution in [2.75, 3.05) is 6.61 Å². The zero-order valence-corrected chi connectivity index (χ0v) is 11.4. The molecule has 0 bridgehead atoms. The molecule has 0 radical (unpaired) electrons. The Morgan fingerprint density at radius 1 is 1.10 bits per heavy atom. The predicted molar refractivity (Wildman–Crippen MR) is 78.1 cm³/mol. The Labute approximate surface area is 118 Å². The summed E-state index contributed by atoms with van der Waals surface area (Å²) in [6.07, 6.45) is 1.67. The minimum Gasteiger partial charge on any atom is -0.493 e. The highest BCUT2D eigenvalue weighted by molar-refractivity contribution is 5.40. The van der Waals surface area contributed by atoms with Crippen molar-refractivity contribution in [2.45, 2.75) is 19.8 Å². The van der Waals surface area contributed by atoms with E-state index >= 15 is 0 Å². The summed E-state index contributed by atoms with van der Waals surface area (Å²) >= 11 is 0. The molecule has 4 heteroatoms. The lowest BCUT2D eigenvalue weighted by molar-refractivity contribution is -0.384. The first-order valence-corrected chi connectivity index (χ1v) is 6.64. The first kappa shape index (κ1) is 14.1. The molecule has 0 saturated heterocycles. The number of nitro groups is 1. The van der Waals surface area contributed by atoms with Crippen LogP contribution in [0.15, 0.2) is 48.5 Å². The Balaban J connectivity index is 2.14. The van der Waals surface area contributed by atoms with Gasteiger partial charge in [-0.3, -0.25) is 10.1 Å². The molecule has 0 amide bonds. The van der Waals surface area contributed by atoms with Crippen LogP contribution in [-0.2, 0) is 6.42 Å². The van der Waals surface area contributed by atoms with Gasteiger partial charge in [0.25, 0.3) is 5.69 Å². The molecule has 104 valence electrons. The molecule has 0 fully saturated rings. The van der Waals surface area contributed by atoms with Crippen molar-refractivity contribution in [3.63, 3.8) is 0 Å². The maximum absolute atomic E-state index is 10.6. The maximum atomic E-state index is 10.6. The van der Waals surface area contributed by atoms with Gasteiger partial charge in [-0.2, -0.15) is 0 Å². The first-order valence-electron chi connectivity index (χ1n) is 6.64. The van der Waals surface area contributed by atoms with Crippen molar-refractivity contribution in [1.82, 2.24) is 0 Å². The van der Waals surface area contributed by atoms with Gasteiger partial charge in [-0.15, -0.1) is 0 Å². The number of nitro benzene ring substituents is 1.